The van der Waals surface area contributed by atoms with Gasteiger partial charge in [-0.3, -0.25) is 4.79 Å². The summed E-state index contributed by atoms with van der Waals surface area (Å²) in [5.41, 5.74) is 2.17. The molecule has 0 unspecified atom stereocenters. The molecule has 18 heavy (non-hydrogen) atoms. The molecule has 1 N–H and O–H groups in total. The zero-order valence-corrected chi connectivity index (χ0v) is 11.8. The Hall–Kier alpha value is -1.16. The van der Waals surface area contributed by atoms with E-state index in [2.05, 4.69) is 17.9 Å². The molecule has 98 valence electrons. The second kappa shape index (κ2) is 5.22. The van der Waals surface area contributed by atoms with E-state index < -0.39 is 0 Å². The smallest absolute Gasteiger partial charge is 0.224 e. The number of amides is 1. The zero-order chi connectivity index (χ0) is 13.2. The van der Waals surface area contributed by atoms with Crippen molar-refractivity contribution in [2.75, 3.05) is 30.1 Å². The Morgan fingerprint density at radius 1 is 1.33 bits per heavy atom. The SMILES string of the molecule is CN(C)c1ccc(NC(=O)CC2(CS)CC2)cc1. The standard InChI is InChI=1S/C14H20N2OS/c1-16(2)12-5-3-11(4-6-12)15-13(17)9-14(10-18)7-8-14/h3-6,18H,7-10H2,1-2H3,(H,15,17). The van der Waals surface area contributed by atoms with Crippen molar-refractivity contribution in [1.82, 2.24) is 0 Å². The average Bonchev–Trinajstić information content (AvgIpc) is 3.10. The molecule has 1 saturated carbocycles. The van der Waals surface area contributed by atoms with Crippen molar-refractivity contribution in [3.05, 3.63) is 24.3 Å². The predicted octanol–water partition coefficient (Wildman–Crippen LogP) is 2.79. The maximum Gasteiger partial charge on any atom is 0.224 e. The van der Waals surface area contributed by atoms with Crippen molar-refractivity contribution in [3.8, 4) is 0 Å². The summed E-state index contributed by atoms with van der Waals surface area (Å²) in [6.45, 7) is 0. The van der Waals surface area contributed by atoms with Crippen LogP contribution in [-0.2, 0) is 4.79 Å². The Labute approximate surface area is 114 Å². The summed E-state index contributed by atoms with van der Waals surface area (Å²) in [6, 6.07) is 7.88. The minimum Gasteiger partial charge on any atom is -0.378 e. The lowest BCUT2D eigenvalue weighted by Gasteiger charge is -2.14. The lowest BCUT2D eigenvalue weighted by molar-refractivity contribution is -0.117. The summed E-state index contributed by atoms with van der Waals surface area (Å²) in [5, 5.41) is 2.95. The largest absolute Gasteiger partial charge is 0.378 e. The molecule has 0 bridgehead atoms. The molecule has 0 saturated heterocycles. The highest BCUT2D eigenvalue weighted by Gasteiger charge is 2.42. The average molecular weight is 264 g/mol. The Balaban J connectivity index is 1.91. The highest BCUT2D eigenvalue weighted by molar-refractivity contribution is 7.80. The van der Waals surface area contributed by atoms with Gasteiger partial charge in [-0.2, -0.15) is 12.6 Å². The van der Waals surface area contributed by atoms with Gasteiger partial charge in [0.1, 0.15) is 0 Å². The van der Waals surface area contributed by atoms with Gasteiger partial charge in [-0.25, -0.2) is 0 Å². The molecule has 1 aromatic rings. The number of carbonyl (C=O) groups is 1. The number of hydrogen-bond acceptors (Lipinski definition) is 3. The van der Waals surface area contributed by atoms with Gasteiger partial charge in [0, 0.05) is 31.9 Å². The number of nitrogens with one attached hydrogen (secondary N) is 1. The van der Waals surface area contributed by atoms with E-state index in [0.717, 1.165) is 30.0 Å². The number of anilines is 2. The van der Waals surface area contributed by atoms with Gasteiger partial charge in [0.2, 0.25) is 5.91 Å². The molecular weight excluding hydrogens is 244 g/mol. The van der Waals surface area contributed by atoms with Crippen LogP contribution in [0.2, 0.25) is 0 Å². The first-order chi connectivity index (χ1) is 8.54. The topological polar surface area (TPSA) is 32.3 Å². The van der Waals surface area contributed by atoms with Gasteiger partial charge in [0.15, 0.2) is 0 Å². The van der Waals surface area contributed by atoms with Crippen LogP contribution in [0.4, 0.5) is 11.4 Å². The van der Waals surface area contributed by atoms with Gasteiger partial charge in [0.05, 0.1) is 0 Å². The second-order valence-corrected chi connectivity index (χ2v) is 5.64. The van der Waals surface area contributed by atoms with Gasteiger partial charge < -0.3 is 10.2 Å². The molecular formula is C14H20N2OS. The summed E-state index contributed by atoms with van der Waals surface area (Å²) >= 11 is 4.31. The third kappa shape index (κ3) is 3.19. The number of benzene rings is 1. The second-order valence-electron chi connectivity index (χ2n) is 5.32. The molecule has 1 aliphatic rings. The molecule has 0 heterocycles. The minimum atomic E-state index is 0.0964. The van der Waals surface area contributed by atoms with Crippen LogP contribution >= 0.6 is 12.6 Å². The van der Waals surface area contributed by atoms with E-state index in [9.17, 15) is 4.79 Å². The molecule has 1 amide bonds. The Morgan fingerprint density at radius 2 is 1.94 bits per heavy atom. The number of thiol groups is 1. The summed E-state index contributed by atoms with van der Waals surface area (Å²) in [6.07, 6.45) is 2.85. The van der Waals surface area contributed by atoms with Gasteiger partial charge in [-0.05, 0) is 48.3 Å². The Morgan fingerprint density at radius 3 is 2.39 bits per heavy atom. The van der Waals surface area contributed by atoms with Crippen molar-refractivity contribution < 1.29 is 4.79 Å². The predicted molar refractivity (Wildman–Crippen MR) is 79.5 cm³/mol. The normalized spacial score (nSPS) is 16.2. The quantitative estimate of drug-likeness (QED) is 0.802. The van der Waals surface area contributed by atoms with Crippen molar-refractivity contribution in [3.63, 3.8) is 0 Å². The van der Waals surface area contributed by atoms with Crippen LogP contribution in [0, 0.1) is 5.41 Å². The molecule has 3 nitrogen and oxygen atoms in total. The highest BCUT2D eigenvalue weighted by Crippen LogP contribution is 2.49. The molecule has 0 atom stereocenters. The molecule has 0 aromatic heterocycles. The third-order valence-electron chi connectivity index (χ3n) is 3.50. The highest BCUT2D eigenvalue weighted by atomic mass is 32.1. The van der Waals surface area contributed by atoms with E-state index >= 15 is 0 Å². The van der Waals surface area contributed by atoms with Gasteiger partial charge in [0.25, 0.3) is 0 Å². The number of carbonyl (C=O) groups excluding carboxylic acids is 1. The molecule has 1 aliphatic carbocycles. The molecule has 1 aromatic carbocycles. The number of rotatable bonds is 5. The first-order valence-corrected chi connectivity index (χ1v) is 6.86. The zero-order valence-electron chi connectivity index (χ0n) is 10.9. The van der Waals surface area contributed by atoms with E-state index in [-0.39, 0.29) is 11.3 Å². The van der Waals surface area contributed by atoms with Crippen molar-refractivity contribution >= 4 is 29.9 Å². The fraction of sp³-hybridized carbons (Fsp3) is 0.500. The number of nitrogens with zero attached hydrogens (tertiary/aromatic N) is 1. The maximum absolute atomic E-state index is 11.9. The molecule has 0 spiro atoms. The van der Waals surface area contributed by atoms with Gasteiger partial charge in [-0.15, -0.1) is 0 Å². The van der Waals surface area contributed by atoms with Crippen molar-refractivity contribution in [1.29, 1.82) is 0 Å². The Kier molecular flexibility index (Phi) is 3.85. The minimum absolute atomic E-state index is 0.0964. The first kappa shape index (κ1) is 13.3. The molecule has 0 aliphatic heterocycles. The summed E-state index contributed by atoms with van der Waals surface area (Å²) in [7, 11) is 3.99. The van der Waals surface area contributed by atoms with Gasteiger partial charge in [-0.1, -0.05) is 0 Å². The van der Waals surface area contributed by atoms with Crippen LogP contribution in [0.15, 0.2) is 24.3 Å². The lowest BCUT2D eigenvalue weighted by Crippen LogP contribution is -2.18. The van der Waals surface area contributed by atoms with Crippen LogP contribution in [-0.4, -0.2) is 25.8 Å². The van der Waals surface area contributed by atoms with Crippen LogP contribution in [0.1, 0.15) is 19.3 Å². The van der Waals surface area contributed by atoms with E-state index in [0.29, 0.717) is 6.42 Å². The molecule has 2 rings (SSSR count). The van der Waals surface area contributed by atoms with Crippen LogP contribution < -0.4 is 10.2 Å². The monoisotopic (exact) mass is 264 g/mol. The van der Waals surface area contributed by atoms with E-state index in [1.54, 1.807) is 0 Å². The fourth-order valence-corrected chi connectivity index (χ4v) is 2.38. The number of hydrogen-bond donors (Lipinski definition) is 2. The fourth-order valence-electron chi connectivity index (χ4n) is 1.96. The lowest BCUT2D eigenvalue weighted by atomic mass is 10.1. The molecule has 4 heteroatoms. The molecule has 0 radical (unpaired) electrons. The maximum atomic E-state index is 11.9. The summed E-state index contributed by atoms with van der Waals surface area (Å²) in [4.78, 5) is 13.9. The van der Waals surface area contributed by atoms with E-state index in [1.807, 2.05) is 43.3 Å². The summed E-state index contributed by atoms with van der Waals surface area (Å²) < 4.78 is 0. The van der Waals surface area contributed by atoms with Gasteiger partial charge >= 0.3 is 0 Å². The molecule has 1 fully saturated rings. The van der Waals surface area contributed by atoms with E-state index in [4.69, 9.17) is 0 Å². The van der Waals surface area contributed by atoms with Crippen molar-refractivity contribution in [2.24, 2.45) is 5.41 Å². The third-order valence-corrected chi connectivity index (χ3v) is 4.17. The van der Waals surface area contributed by atoms with Crippen LogP contribution in [0.25, 0.3) is 0 Å². The Bertz CT molecular complexity index is 424. The van der Waals surface area contributed by atoms with Crippen LogP contribution in [0.3, 0.4) is 0 Å². The first-order valence-electron chi connectivity index (χ1n) is 6.23. The summed E-state index contributed by atoms with van der Waals surface area (Å²) in [5.74, 6) is 0.902. The van der Waals surface area contributed by atoms with Crippen LogP contribution in [0.5, 0.6) is 0 Å². The van der Waals surface area contributed by atoms with E-state index in [1.165, 1.54) is 0 Å². The van der Waals surface area contributed by atoms with Crippen molar-refractivity contribution in [2.45, 2.75) is 19.3 Å².